The second kappa shape index (κ2) is 6.38. The Balaban J connectivity index is 1.72. The van der Waals surface area contributed by atoms with Gasteiger partial charge in [0.2, 0.25) is 5.91 Å². The van der Waals surface area contributed by atoms with E-state index < -0.39 is 41.2 Å². The lowest BCUT2D eigenvalue weighted by Crippen LogP contribution is -2.51. The quantitative estimate of drug-likeness (QED) is 0.826. The van der Waals surface area contributed by atoms with Gasteiger partial charge < -0.3 is 10.0 Å². The molecule has 4 rings (SSSR count). The first kappa shape index (κ1) is 18.6. The number of aliphatic hydroxyl groups is 1. The number of piperidine rings is 1. The van der Waals surface area contributed by atoms with Crippen LogP contribution in [0.1, 0.15) is 31.4 Å². The number of carbonyl (C=O) groups excluding carboxylic acids is 1. The number of rotatable bonds is 3. The highest BCUT2D eigenvalue weighted by atomic mass is 35.5. The molecule has 1 aliphatic carbocycles. The van der Waals surface area contributed by atoms with Crippen LogP contribution < -0.4 is 0 Å². The van der Waals surface area contributed by atoms with Crippen LogP contribution in [0.4, 0.5) is 13.2 Å². The number of amides is 1. The molecule has 2 aromatic rings. The summed E-state index contributed by atoms with van der Waals surface area (Å²) < 4.78 is 45.4. The van der Waals surface area contributed by atoms with Crippen molar-refractivity contribution in [3.05, 3.63) is 28.7 Å². The number of benzene rings is 1. The molecule has 1 saturated heterocycles. The van der Waals surface area contributed by atoms with Gasteiger partial charge in [-0.3, -0.25) is 9.89 Å². The van der Waals surface area contributed by atoms with Crippen molar-refractivity contribution < 1.29 is 23.1 Å². The van der Waals surface area contributed by atoms with Gasteiger partial charge in [-0.25, -0.2) is 13.2 Å². The number of fused-ring (bicyclic) bond motifs is 3. The van der Waals surface area contributed by atoms with Gasteiger partial charge in [0, 0.05) is 36.9 Å². The number of aromatic nitrogens is 2. The summed E-state index contributed by atoms with van der Waals surface area (Å²) in [5, 5.41) is 16.8. The zero-order valence-corrected chi connectivity index (χ0v) is 15.3. The molecule has 1 saturated carbocycles. The molecule has 2 bridgehead atoms. The van der Waals surface area contributed by atoms with Gasteiger partial charge in [0.25, 0.3) is 5.92 Å². The molecule has 2 fully saturated rings. The molecule has 4 atom stereocenters. The average molecular weight is 402 g/mol. The Hall–Kier alpha value is -1.80. The van der Waals surface area contributed by atoms with Crippen molar-refractivity contribution in [3.63, 3.8) is 0 Å². The second-order valence-corrected chi connectivity index (χ2v) is 7.95. The Labute approximate surface area is 158 Å². The smallest absolute Gasteiger partial charge is 0.281 e. The summed E-state index contributed by atoms with van der Waals surface area (Å²) in [5.41, 5.74) is -0.550. The summed E-state index contributed by atoms with van der Waals surface area (Å²) in [6.45, 7) is 1.88. The maximum Gasteiger partial charge on any atom is 0.281 e. The molecule has 1 aliphatic heterocycles. The van der Waals surface area contributed by atoms with Crippen LogP contribution in [0.2, 0.25) is 5.02 Å². The Morgan fingerprint density at radius 2 is 2.04 bits per heavy atom. The van der Waals surface area contributed by atoms with Gasteiger partial charge >= 0.3 is 0 Å². The zero-order valence-electron chi connectivity index (χ0n) is 14.6. The summed E-state index contributed by atoms with van der Waals surface area (Å²) in [6.07, 6.45) is 0.0816. The number of hydrogen-bond donors (Lipinski definition) is 2. The predicted molar refractivity (Wildman–Crippen MR) is 92.9 cm³/mol. The first-order valence-electron chi connectivity index (χ1n) is 8.84. The van der Waals surface area contributed by atoms with Crippen LogP contribution in [0.3, 0.4) is 0 Å². The van der Waals surface area contributed by atoms with Gasteiger partial charge in [-0.2, -0.15) is 5.10 Å². The number of nitrogens with one attached hydrogen (secondary N) is 1. The largest absolute Gasteiger partial charge is 0.382 e. The van der Waals surface area contributed by atoms with E-state index in [0.29, 0.717) is 18.2 Å². The Morgan fingerprint density at radius 1 is 1.41 bits per heavy atom. The molecular formula is C18H19ClF3N3O2. The number of aliphatic hydroxyl groups excluding tert-OH is 1. The lowest BCUT2D eigenvalue weighted by atomic mass is 9.77. The van der Waals surface area contributed by atoms with Crippen molar-refractivity contribution in [2.45, 2.75) is 31.8 Å². The van der Waals surface area contributed by atoms with E-state index in [1.165, 1.54) is 19.2 Å². The number of alkyl halides is 2. The minimum absolute atomic E-state index is 0.0117. The summed E-state index contributed by atoms with van der Waals surface area (Å²) in [6, 6.07) is 1.28. The Bertz CT molecular complexity index is 889. The predicted octanol–water partition coefficient (Wildman–Crippen LogP) is 3.53. The van der Waals surface area contributed by atoms with E-state index >= 15 is 8.78 Å². The van der Waals surface area contributed by atoms with E-state index in [9.17, 15) is 14.3 Å². The minimum atomic E-state index is -3.57. The topological polar surface area (TPSA) is 69.2 Å². The first-order chi connectivity index (χ1) is 12.7. The Morgan fingerprint density at radius 3 is 2.63 bits per heavy atom. The number of nitrogens with zero attached hydrogens (tertiary/aromatic N) is 2. The summed E-state index contributed by atoms with van der Waals surface area (Å²) in [4.78, 5) is 13.2. The van der Waals surface area contributed by atoms with E-state index in [1.807, 2.05) is 0 Å². The number of halogens is 4. The maximum absolute atomic E-state index is 15.4. The molecule has 2 heterocycles. The zero-order chi connectivity index (χ0) is 19.5. The molecule has 2 N–H and O–H groups in total. The molecule has 9 heteroatoms. The van der Waals surface area contributed by atoms with Crippen molar-refractivity contribution in [1.82, 2.24) is 15.1 Å². The van der Waals surface area contributed by atoms with Crippen molar-refractivity contribution in [2.24, 2.45) is 17.8 Å². The Kier molecular flexibility index (Phi) is 4.38. The molecule has 2 unspecified atom stereocenters. The molecule has 1 aromatic carbocycles. The number of likely N-dealkylation sites (tertiary alicyclic amines) is 1. The van der Waals surface area contributed by atoms with Crippen LogP contribution in [0, 0.1) is 23.6 Å². The highest BCUT2D eigenvalue weighted by molar-refractivity contribution is 6.31. The average Bonchev–Trinajstić information content (AvgIpc) is 3.17. The van der Waals surface area contributed by atoms with Crippen molar-refractivity contribution >= 4 is 28.4 Å². The molecule has 5 nitrogen and oxygen atoms in total. The van der Waals surface area contributed by atoms with Crippen LogP contribution in [0.25, 0.3) is 10.9 Å². The summed E-state index contributed by atoms with van der Waals surface area (Å²) >= 11 is 5.84. The fourth-order valence-corrected chi connectivity index (χ4v) is 5.02. The summed E-state index contributed by atoms with van der Waals surface area (Å²) in [5.74, 6) is -6.78. The molecule has 0 spiro atoms. The lowest BCUT2D eigenvalue weighted by molar-refractivity contribution is -0.182. The highest BCUT2D eigenvalue weighted by Crippen LogP contribution is 2.54. The standard InChI is InChI=1S/C18H19ClF3N3O2/c1-8(26)25-6-9-2-3-10(7-25)14(9)18(21,22)17(27)13-15(20)12(19)4-11-5-23-24-16(11)13/h4-5,9-10,14,17,27H,2-3,6-7H2,1H3,(H,23,24)/t9-,10?,14+,17?/m0/s1. The van der Waals surface area contributed by atoms with Crippen LogP contribution in [-0.4, -0.2) is 45.1 Å². The third kappa shape index (κ3) is 2.81. The number of aromatic amines is 1. The monoisotopic (exact) mass is 401 g/mol. The summed E-state index contributed by atoms with van der Waals surface area (Å²) in [7, 11) is 0. The van der Waals surface area contributed by atoms with Gasteiger partial charge in [0.05, 0.1) is 16.7 Å². The third-order valence-corrected chi connectivity index (χ3v) is 6.30. The molecule has 27 heavy (non-hydrogen) atoms. The van der Waals surface area contributed by atoms with Crippen molar-refractivity contribution in [2.75, 3.05) is 13.1 Å². The van der Waals surface area contributed by atoms with Crippen LogP contribution >= 0.6 is 11.6 Å². The highest BCUT2D eigenvalue weighted by Gasteiger charge is 2.59. The fraction of sp³-hybridized carbons (Fsp3) is 0.556. The van der Waals surface area contributed by atoms with Crippen molar-refractivity contribution in [3.8, 4) is 0 Å². The van der Waals surface area contributed by atoms with Gasteiger partial charge in [-0.05, 0) is 30.7 Å². The van der Waals surface area contributed by atoms with Gasteiger partial charge in [-0.15, -0.1) is 0 Å². The van der Waals surface area contributed by atoms with E-state index in [0.717, 1.165) is 0 Å². The third-order valence-electron chi connectivity index (χ3n) is 6.03. The fourth-order valence-electron chi connectivity index (χ4n) is 4.80. The maximum atomic E-state index is 15.4. The normalized spacial score (nSPS) is 26.6. The van der Waals surface area contributed by atoms with Gasteiger partial charge in [0.15, 0.2) is 0 Å². The van der Waals surface area contributed by atoms with Gasteiger partial charge in [0.1, 0.15) is 11.9 Å². The van der Waals surface area contributed by atoms with Gasteiger partial charge in [-0.1, -0.05) is 11.6 Å². The molecule has 0 radical (unpaired) electrons. The van der Waals surface area contributed by atoms with E-state index in [-0.39, 0.29) is 29.5 Å². The molecule has 146 valence electrons. The second-order valence-electron chi connectivity index (χ2n) is 7.54. The molecule has 1 amide bonds. The molecular weight excluding hydrogens is 383 g/mol. The minimum Gasteiger partial charge on any atom is -0.382 e. The van der Waals surface area contributed by atoms with E-state index in [2.05, 4.69) is 10.2 Å². The SMILES string of the molecule is CC(=O)N1CC2CC[C@@H](C1)[C@H]2C(F)(F)C(O)c1c(F)c(Cl)cc2cn[nH]c12. The lowest BCUT2D eigenvalue weighted by Gasteiger charge is -2.42. The van der Waals surface area contributed by atoms with E-state index in [1.54, 1.807) is 4.90 Å². The van der Waals surface area contributed by atoms with Crippen LogP contribution in [-0.2, 0) is 4.79 Å². The number of hydrogen-bond acceptors (Lipinski definition) is 3. The molecule has 2 aliphatic rings. The van der Waals surface area contributed by atoms with E-state index in [4.69, 9.17) is 11.6 Å². The number of carbonyl (C=O) groups is 1. The molecule has 1 aromatic heterocycles. The first-order valence-corrected chi connectivity index (χ1v) is 9.22. The van der Waals surface area contributed by atoms with Crippen LogP contribution in [0.15, 0.2) is 12.3 Å². The van der Waals surface area contributed by atoms with Crippen molar-refractivity contribution in [1.29, 1.82) is 0 Å². The number of H-pyrrole nitrogens is 1. The van der Waals surface area contributed by atoms with Crippen LogP contribution in [0.5, 0.6) is 0 Å².